The average Bonchev–Trinajstić information content (AvgIpc) is 2.88. The molecule has 0 fully saturated rings. The number of nitrogens with zero attached hydrogens (tertiary/aromatic N) is 2. The molecule has 0 aromatic carbocycles. The number of aromatic nitrogens is 2. The van der Waals surface area contributed by atoms with E-state index in [1.165, 1.54) is 10.6 Å². The highest BCUT2D eigenvalue weighted by molar-refractivity contribution is 9.10. The molecule has 0 amide bonds. The molecule has 0 spiro atoms. The van der Waals surface area contributed by atoms with Gasteiger partial charge in [0.25, 0.3) is 0 Å². The molecular formula is C12H9BrN2S. The molecule has 3 aromatic rings. The van der Waals surface area contributed by atoms with Crippen LogP contribution in [0.15, 0.2) is 40.3 Å². The lowest BCUT2D eigenvalue weighted by atomic mass is 10.3. The Balaban J connectivity index is 2.36. The lowest BCUT2D eigenvalue weighted by molar-refractivity contribution is 1.11. The van der Waals surface area contributed by atoms with Crippen molar-refractivity contribution in [2.75, 3.05) is 0 Å². The molecule has 80 valence electrons. The van der Waals surface area contributed by atoms with E-state index >= 15 is 0 Å². The van der Waals surface area contributed by atoms with E-state index in [9.17, 15) is 0 Å². The van der Waals surface area contributed by atoms with Crippen LogP contribution in [0.1, 0.15) is 5.69 Å². The van der Waals surface area contributed by atoms with Crippen LogP contribution in [0.3, 0.4) is 0 Å². The van der Waals surface area contributed by atoms with Crippen molar-refractivity contribution in [2.24, 2.45) is 0 Å². The molecule has 0 aliphatic rings. The summed E-state index contributed by atoms with van der Waals surface area (Å²) < 4.78 is 3.14. The normalized spacial score (nSPS) is 11.1. The first-order valence-corrected chi connectivity index (χ1v) is 6.61. The van der Waals surface area contributed by atoms with Crippen LogP contribution >= 0.6 is 27.3 Å². The van der Waals surface area contributed by atoms with Gasteiger partial charge in [0.05, 0.1) is 9.35 Å². The molecule has 3 heterocycles. The van der Waals surface area contributed by atoms with Gasteiger partial charge in [0.1, 0.15) is 5.69 Å². The molecule has 3 rings (SSSR count). The number of rotatable bonds is 1. The van der Waals surface area contributed by atoms with Crippen LogP contribution in [0.4, 0.5) is 0 Å². The van der Waals surface area contributed by atoms with Crippen molar-refractivity contribution in [3.63, 3.8) is 0 Å². The fourth-order valence-corrected chi connectivity index (χ4v) is 3.00. The third kappa shape index (κ3) is 1.41. The van der Waals surface area contributed by atoms with Crippen molar-refractivity contribution in [3.05, 3.63) is 46.0 Å². The molecule has 3 aromatic heterocycles. The van der Waals surface area contributed by atoms with Gasteiger partial charge in [-0.25, -0.2) is 4.98 Å². The second kappa shape index (κ2) is 3.71. The van der Waals surface area contributed by atoms with E-state index in [1.807, 2.05) is 18.3 Å². The summed E-state index contributed by atoms with van der Waals surface area (Å²) in [5, 5.41) is 2.08. The number of fused-ring (bicyclic) bond motifs is 1. The minimum Gasteiger partial charge on any atom is -0.303 e. The molecule has 0 aliphatic carbocycles. The van der Waals surface area contributed by atoms with Crippen LogP contribution in [0, 0.1) is 6.92 Å². The zero-order valence-electron chi connectivity index (χ0n) is 8.64. The molecule has 0 aliphatic heterocycles. The van der Waals surface area contributed by atoms with Gasteiger partial charge in [-0.05, 0) is 46.4 Å². The van der Waals surface area contributed by atoms with Gasteiger partial charge in [0.15, 0.2) is 5.65 Å². The quantitative estimate of drug-likeness (QED) is 0.659. The van der Waals surface area contributed by atoms with E-state index < -0.39 is 0 Å². The number of halogens is 1. The van der Waals surface area contributed by atoms with Gasteiger partial charge in [0.2, 0.25) is 0 Å². The summed E-state index contributed by atoms with van der Waals surface area (Å²) in [7, 11) is 0. The van der Waals surface area contributed by atoms with Gasteiger partial charge >= 0.3 is 0 Å². The SMILES string of the molecule is Cc1c(-c2cccs2)nc2c(Br)cccn12. The van der Waals surface area contributed by atoms with E-state index in [4.69, 9.17) is 0 Å². The molecule has 0 saturated carbocycles. The lowest BCUT2D eigenvalue weighted by Gasteiger charge is -1.96. The second-order valence-corrected chi connectivity index (χ2v) is 5.37. The Morgan fingerprint density at radius 2 is 2.19 bits per heavy atom. The summed E-state index contributed by atoms with van der Waals surface area (Å²) in [6.07, 6.45) is 2.04. The van der Waals surface area contributed by atoms with Crippen molar-refractivity contribution in [3.8, 4) is 10.6 Å². The fourth-order valence-electron chi connectivity index (χ4n) is 1.80. The molecule has 0 atom stereocenters. The van der Waals surface area contributed by atoms with E-state index in [0.29, 0.717) is 0 Å². The Kier molecular flexibility index (Phi) is 2.33. The van der Waals surface area contributed by atoms with Gasteiger partial charge in [-0.1, -0.05) is 6.07 Å². The molecule has 0 saturated heterocycles. The maximum atomic E-state index is 4.68. The highest BCUT2D eigenvalue weighted by Gasteiger charge is 2.12. The number of aryl methyl sites for hydroxylation is 1. The number of hydrogen-bond donors (Lipinski definition) is 0. The Bertz CT molecular complexity index is 640. The minimum atomic E-state index is 0.975. The molecule has 0 bridgehead atoms. The first-order chi connectivity index (χ1) is 7.77. The highest BCUT2D eigenvalue weighted by Crippen LogP contribution is 2.29. The third-order valence-electron chi connectivity index (χ3n) is 2.60. The Morgan fingerprint density at radius 3 is 2.88 bits per heavy atom. The largest absolute Gasteiger partial charge is 0.303 e. The number of imidazole rings is 1. The van der Waals surface area contributed by atoms with Crippen molar-refractivity contribution in [1.29, 1.82) is 0 Å². The van der Waals surface area contributed by atoms with Gasteiger partial charge < -0.3 is 4.40 Å². The summed E-state index contributed by atoms with van der Waals surface area (Å²) in [4.78, 5) is 5.90. The minimum absolute atomic E-state index is 0.975. The summed E-state index contributed by atoms with van der Waals surface area (Å²) >= 11 is 5.25. The van der Waals surface area contributed by atoms with Crippen LogP contribution in [0.5, 0.6) is 0 Å². The van der Waals surface area contributed by atoms with Gasteiger partial charge in [-0.2, -0.15) is 0 Å². The monoisotopic (exact) mass is 292 g/mol. The van der Waals surface area contributed by atoms with Crippen LogP contribution in [-0.4, -0.2) is 9.38 Å². The molecule has 0 N–H and O–H groups in total. The Labute approximate surface area is 106 Å². The predicted molar refractivity (Wildman–Crippen MR) is 70.9 cm³/mol. The van der Waals surface area contributed by atoms with E-state index in [0.717, 1.165) is 15.8 Å². The van der Waals surface area contributed by atoms with Crippen molar-refractivity contribution in [2.45, 2.75) is 6.92 Å². The topological polar surface area (TPSA) is 17.3 Å². The average molecular weight is 293 g/mol. The van der Waals surface area contributed by atoms with E-state index in [2.05, 4.69) is 49.8 Å². The van der Waals surface area contributed by atoms with Crippen LogP contribution in [0.2, 0.25) is 0 Å². The fraction of sp³-hybridized carbons (Fsp3) is 0.0833. The maximum Gasteiger partial charge on any atom is 0.152 e. The molecule has 2 nitrogen and oxygen atoms in total. The van der Waals surface area contributed by atoms with Crippen molar-refractivity contribution < 1.29 is 0 Å². The molecule has 0 radical (unpaired) electrons. The van der Waals surface area contributed by atoms with Crippen molar-refractivity contribution >= 4 is 32.9 Å². The van der Waals surface area contributed by atoms with Gasteiger partial charge in [0, 0.05) is 11.9 Å². The lowest BCUT2D eigenvalue weighted by Crippen LogP contribution is -1.86. The standard InChI is InChI=1S/C12H9BrN2S/c1-8-11(10-5-3-7-16-10)14-12-9(13)4-2-6-15(8)12/h2-7H,1H3. The van der Waals surface area contributed by atoms with E-state index in [-0.39, 0.29) is 0 Å². The molecule has 0 unspecified atom stereocenters. The van der Waals surface area contributed by atoms with Gasteiger partial charge in [-0.15, -0.1) is 11.3 Å². The Hall–Kier alpha value is -1.13. The second-order valence-electron chi connectivity index (χ2n) is 3.57. The Morgan fingerprint density at radius 1 is 1.31 bits per heavy atom. The van der Waals surface area contributed by atoms with Crippen LogP contribution in [-0.2, 0) is 0 Å². The number of thiophene rings is 1. The number of pyridine rings is 1. The predicted octanol–water partition coefficient (Wildman–Crippen LogP) is 4.13. The summed E-state index contributed by atoms with van der Waals surface area (Å²) in [6.45, 7) is 2.10. The number of hydrogen-bond acceptors (Lipinski definition) is 2. The summed E-state index contributed by atoms with van der Waals surface area (Å²) in [5.41, 5.74) is 3.23. The van der Waals surface area contributed by atoms with E-state index in [1.54, 1.807) is 11.3 Å². The zero-order valence-corrected chi connectivity index (χ0v) is 11.0. The molecule has 4 heteroatoms. The third-order valence-corrected chi connectivity index (χ3v) is 4.09. The van der Waals surface area contributed by atoms with Crippen LogP contribution in [0.25, 0.3) is 16.2 Å². The smallest absolute Gasteiger partial charge is 0.152 e. The maximum absolute atomic E-state index is 4.68. The zero-order chi connectivity index (χ0) is 11.1. The molecule has 16 heavy (non-hydrogen) atoms. The first-order valence-electron chi connectivity index (χ1n) is 4.94. The molecular weight excluding hydrogens is 284 g/mol. The summed E-state index contributed by atoms with van der Waals surface area (Å²) in [5.74, 6) is 0. The van der Waals surface area contributed by atoms with Crippen molar-refractivity contribution in [1.82, 2.24) is 9.38 Å². The summed E-state index contributed by atoms with van der Waals surface area (Å²) in [6, 6.07) is 8.19. The van der Waals surface area contributed by atoms with Crippen LogP contribution < -0.4 is 0 Å². The van der Waals surface area contributed by atoms with Gasteiger partial charge in [-0.3, -0.25) is 0 Å². The highest BCUT2D eigenvalue weighted by atomic mass is 79.9. The first kappa shape index (κ1) is 10.1.